The molecule has 1 aliphatic heterocycles. The van der Waals surface area contributed by atoms with Gasteiger partial charge in [0.15, 0.2) is 0 Å². The second-order valence-corrected chi connectivity index (χ2v) is 3.82. The highest BCUT2D eigenvalue weighted by Gasteiger charge is 2.22. The lowest BCUT2D eigenvalue weighted by molar-refractivity contribution is 0.193. The van der Waals surface area contributed by atoms with Gasteiger partial charge < -0.3 is 19.7 Å². The minimum atomic E-state index is -1.52. The third-order valence-corrected chi connectivity index (χ3v) is 2.73. The Morgan fingerprint density at radius 2 is 2.12 bits per heavy atom. The fourth-order valence-corrected chi connectivity index (χ4v) is 1.64. The van der Waals surface area contributed by atoms with E-state index in [1.54, 1.807) is 0 Å². The Hall–Kier alpha value is -1.18. The van der Waals surface area contributed by atoms with Gasteiger partial charge in [0.2, 0.25) is 5.95 Å². The van der Waals surface area contributed by atoms with Crippen LogP contribution >= 0.6 is 0 Å². The molecule has 0 aromatic carbocycles. The Labute approximate surface area is 94.0 Å². The molecule has 1 saturated heterocycles. The van der Waals surface area contributed by atoms with Crippen molar-refractivity contribution in [1.29, 1.82) is 0 Å². The van der Waals surface area contributed by atoms with Crippen molar-refractivity contribution < 1.29 is 14.8 Å². The van der Waals surface area contributed by atoms with Gasteiger partial charge in [0, 0.05) is 31.5 Å². The summed E-state index contributed by atoms with van der Waals surface area (Å²) in [5.41, 5.74) is 0.292. The topological polar surface area (TPSA) is 78.7 Å². The molecule has 7 heteroatoms. The lowest BCUT2D eigenvalue weighted by atomic mass is 9.83. The third-order valence-electron chi connectivity index (χ3n) is 2.73. The Kier molecular flexibility index (Phi) is 3.38. The van der Waals surface area contributed by atoms with Crippen LogP contribution in [0.25, 0.3) is 0 Å². The summed E-state index contributed by atoms with van der Waals surface area (Å²) >= 11 is 0. The first kappa shape index (κ1) is 11.3. The number of hydrogen-bond donors (Lipinski definition) is 2. The highest BCUT2D eigenvalue weighted by Crippen LogP contribution is 2.14. The van der Waals surface area contributed by atoms with Gasteiger partial charge in [-0.25, -0.2) is 9.97 Å². The molecule has 1 aromatic heterocycles. The number of likely N-dealkylation sites (N-methyl/N-ethyl adjacent to an activating group) is 1. The van der Waals surface area contributed by atoms with Crippen molar-refractivity contribution in [2.75, 3.05) is 25.2 Å². The van der Waals surface area contributed by atoms with Crippen LogP contribution < -0.4 is 10.4 Å². The van der Waals surface area contributed by atoms with Crippen molar-refractivity contribution in [3.63, 3.8) is 0 Å². The van der Waals surface area contributed by atoms with Crippen LogP contribution in [0.5, 0.6) is 0 Å². The van der Waals surface area contributed by atoms with E-state index in [2.05, 4.69) is 9.97 Å². The van der Waals surface area contributed by atoms with Crippen LogP contribution in [0, 0.1) is 0 Å². The highest BCUT2D eigenvalue weighted by atomic mass is 16.5. The summed E-state index contributed by atoms with van der Waals surface area (Å²) in [6.07, 6.45) is 3.79. The first-order valence-electron chi connectivity index (χ1n) is 5.17. The SMILES string of the molecule is CN(c1ncc(B(O)O)cn1)C1CCOC1. The Balaban J connectivity index is 2.08. The van der Waals surface area contributed by atoms with Gasteiger partial charge in [0.1, 0.15) is 0 Å². The van der Waals surface area contributed by atoms with Crippen molar-refractivity contribution in [1.82, 2.24) is 9.97 Å². The maximum Gasteiger partial charge on any atom is 0.491 e. The van der Waals surface area contributed by atoms with Gasteiger partial charge in [-0.2, -0.15) is 0 Å². The Bertz CT molecular complexity index is 340. The fourth-order valence-electron chi connectivity index (χ4n) is 1.64. The van der Waals surface area contributed by atoms with Crippen molar-refractivity contribution in [3.05, 3.63) is 12.4 Å². The van der Waals surface area contributed by atoms with Gasteiger partial charge in [-0.05, 0) is 6.42 Å². The van der Waals surface area contributed by atoms with Crippen LogP contribution in [0.3, 0.4) is 0 Å². The van der Waals surface area contributed by atoms with Crippen molar-refractivity contribution >= 4 is 18.5 Å². The molecule has 0 amide bonds. The molecule has 1 atom stereocenters. The molecular weight excluding hydrogens is 209 g/mol. The summed E-state index contributed by atoms with van der Waals surface area (Å²) in [7, 11) is 0.387. The van der Waals surface area contributed by atoms with Crippen molar-refractivity contribution in [2.45, 2.75) is 12.5 Å². The number of ether oxygens (including phenoxy) is 1. The standard InChI is InChI=1S/C9H14BN3O3/c1-13(8-2-3-16-6-8)9-11-4-7(5-12-9)10(14)15/h4-5,8,14-15H,2-3,6H2,1H3. The Morgan fingerprint density at radius 3 is 2.62 bits per heavy atom. The number of hydrogen-bond acceptors (Lipinski definition) is 6. The average Bonchev–Trinajstić information content (AvgIpc) is 2.81. The maximum atomic E-state index is 8.91. The molecule has 1 unspecified atom stereocenters. The van der Waals surface area contributed by atoms with E-state index in [0.717, 1.165) is 13.0 Å². The molecule has 0 aliphatic carbocycles. The van der Waals surface area contributed by atoms with Crippen LogP contribution in [0.4, 0.5) is 5.95 Å². The summed E-state index contributed by atoms with van der Waals surface area (Å²) in [6.45, 7) is 1.45. The zero-order chi connectivity index (χ0) is 11.5. The van der Waals surface area contributed by atoms with E-state index < -0.39 is 7.12 Å². The number of anilines is 1. The summed E-state index contributed by atoms with van der Waals surface area (Å²) in [6, 6.07) is 0.296. The van der Waals surface area contributed by atoms with Gasteiger partial charge in [0.25, 0.3) is 0 Å². The van der Waals surface area contributed by atoms with Gasteiger partial charge in [-0.1, -0.05) is 0 Å². The van der Waals surface area contributed by atoms with Gasteiger partial charge in [0.05, 0.1) is 12.6 Å². The highest BCUT2D eigenvalue weighted by molar-refractivity contribution is 6.58. The van der Waals surface area contributed by atoms with Crippen LogP contribution in [0.1, 0.15) is 6.42 Å². The first-order chi connectivity index (χ1) is 7.68. The zero-order valence-corrected chi connectivity index (χ0v) is 9.08. The molecule has 0 bridgehead atoms. The van der Waals surface area contributed by atoms with Gasteiger partial charge in [-0.3, -0.25) is 0 Å². The minimum absolute atomic E-state index is 0.292. The van der Waals surface area contributed by atoms with Crippen LogP contribution in [0.2, 0.25) is 0 Å². The van der Waals surface area contributed by atoms with Gasteiger partial charge >= 0.3 is 7.12 Å². The first-order valence-corrected chi connectivity index (χ1v) is 5.17. The van der Waals surface area contributed by atoms with Crippen molar-refractivity contribution in [2.24, 2.45) is 0 Å². The Morgan fingerprint density at radius 1 is 1.44 bits per heavy atom. The van der Waals surface area contributed by atoms with E-state index in [9.17, 15) is 0 Å². The van der Waals surface area contributed by atoms with E-state index >= 15 is 0 Å². The molecule has 2 heterocycles. The fraction of sp³-hybridized carbons (Fsp3) is 0.556. The lowest BCUT2D eigenvalue weighted by Crippen LogP contribution is -2.35. The molecule has 86 valence electrons. The van der Waals surface area contributed by atoms with Crippen molar-refractivity contribution in [3.8, 4) is 0 Å². The number of nitrogens with zero attached hydrogens (tertiary/aromatic N) is 3. The van der Waals surface area contributed by atoms with E-state index in [1.807, 2.05) is 11.9 Å². The monoisotopic (exact) mass is 223 g/mol. The van der Waals surface area contributed by atoms with Crippen LogP contribution in [-0.2, 0) is 4.74 Å². The molecule has 1 fully saturated rings. The lowest BCUT2D eigenvalue weighted by Gasteiger charge is -2.22. The van der Waals surface area contributed by atoms with E-state index in [4.69, 9.17) is 14.8 Å². The normalized spacial score (nSPS) is 19.8. The second-order valence-electron chi connectivity index (χ2n) is 3.82. The van der Waals surface area contributed by atoms with E-state index in [0.29, 0.717) is 24.1 Å². The smallest absolute Gasteiger partial charge is 0.423 e. The van der Waals surface area contributed by atoms with Crippen LogP contribution in [-0.4, -0.2) is 53.4 Å². The number of rotatable bonds is 3. The maximum absolute atomic E-state index is 8.91. The molecule has 0 spiro atoms. The molecule has 16 heavy (non-hydrogen) atoms. The largest absolute Gasteiger partial charge is 0.491 e. The molecule has 0 saturated carbocycles. The second kappa shape index (κ2) is 4.77. The van der Waals surface area contributed by atoms with Gasteiger partial charge in [-0.15, -0.1) is 0 Å². The molecule has 2 N–H and O–H groups in total. The predicted molar refractivity (Wildman–Crippen MR) is 59.5 cm³/mol. The molecule has 2 rings (SSSR count). The van der Waals surface area contributed by atoms with E-state index in [1.165, 1.54) is 12.4 Å². The summed E-state index contributed by atoms with van der Waals surface area (Å²) in [4.78, 5) is 10.1. The zero-order valence-electron chi connectivity index (χ0n) is 9.08. The predicted octanol–water partition coefficient (Wildman–Crippen LogP) is -1.62. The molecule has 6 nitrogen and oxygen atoms in total. The third kappa shape index (κ3) is 2.32. The molecule has 1 aromatic rings. The molecule has 1 aliphatic rings. The van der Waals surface area contributed by atoms with Crippen LogP contribution in [0.15, 0.2) is 12.4 Å². The molecule has 0 radical (unpaired) electrons. The summed E-state index contributed by atoms with van der Waals surface area (Å²) < 4.78 is 5.28. The molecular formula is C9H14BN3O3. The summed E-state index contributed by atoms with van der Waals surface area (Å²) in [5.74, 6) is 0.569. The summed E-state index contributed by atoms with van der Waals surface area (Å²) in [5, 5.41) is 17.8. The minimum Gasteiger partial charge on any atom is -0.423 e. The number of aromatic nitrogens is 2. The average molecular weight is 223 g/mol. The quantitative estimate of drug-likeness (QED) is 0.599. The van der Waals surface area contributed by atoms with E-state index in [-0.39, 0.29) is 0 Å².